The Morgan fingerprint density at radius 3 is 2.00 bits per heavy atom. The van der Waals surface area contributed by atoms with E-state index in [1.807, 2.05) is 34.6 Å². The van der Waals surface area contributed by atoms with E-state index < -0.39 is 11.0 Å². The average Bonchev–Trinajstić information content (AvgIpc) is 2.12. The van der Waals surface area contributed by atoms with Crippen molar-refractivity contribution in [2.24, 2.45) is 5.41 Å². The second kappa shape index (κ2) is 5.43. The minimum atomic E-state index is -0.491. The lowest BCUT2D eigenvalue weighted by molar-refractivity contribution is -0.131. The summed E-state index contributed by atoms with van der Waals surface area (Å²) in [6.07, 6.45) is 0.251. The number of hydrogen-bond acceptors (Lipinski definition) is 3. The van der Waals surface area contributed by atoms with Crippen molar-refractivity contribution in [2.45, 2.75) is 46.6 Å². The minimum Gasteiger partial charge on any atom is -0.378 e. The summed E-state index contributed by atoms with van der Waals surface area (Å²) in [7, 11) is 1.56. The standard InChI is InChI=1S/C12H23NO3/c1-11(2,3)9(14)8-13-10(15)7-12(4,5)16-6/h7-8H2,1-6H3,(H,13,15). The van der Waals surface area contributed by atoms with E-state index in [1.54, 1.807) is 7.11 Å². The van der Waals surface area contributed by atoms with Gasteiger partial charge in [0, 0.05) is 12.5 Å². The number of methoxy groups -OCH3 is 1. The van der Waals surface area contributed by atoms with Gasteiger partial charge in [0.25, 0.3) is 0 Å². The Morgan fingerprint density at radius 1 is 1.12 bits per heavy atom. The molecule has 0 rings (SSSR count). The second-order valence-corrected chi connectivity index (χ2v) is 5.59. The summed E-state index contributed by atoms with van der Waals surface area (Å²) >= 11 is 0. The van der Waals surface area contributed by atoms with Crippen LogP contribution in [0.1, 0.15) is 41.0 Å². The maximum absolute atomic E-state index is 11.6. The van der Waals surface area contributed by atoms with Crippen molar-refractivity contribution < 1.29 is 14.3 Å². The molecule has 4 heteroatoms. The molecule has 0 radical (unpaired) electrons. The van der Waals surface area contributed by atoms with Gasteiger partial charge in [-0.3, -0.25) is 9.59 Å². The van der Waals surface area contributed by atoms with Crippen molar-refractivity contribution in [1.29, 1.82) is 0 Å². The van der Waals surface area contributed by atoms with Crippen LogP contribution in [0.4, 0.5) is 0 Å². The van der Waals surface area contributed by atoms with Crippen LogP contribution in [0, 0.1) is 5.41 Å². The van der Waals surface area contributed by atoms with E-state index in [2.05, 4.69) is 5.32 Å². The molecule has 0 aliphatic carbocycles. The minimum absolute atomic E-state index is 0.0241. The zero-order valence-electron chi connectivity index (χ0n) is 11.1. The van der Waals surface area contributed by atoms with Gasteiger partial charge in [-0.25, -0.2) is 0 Å². The summed E-state index contributed by atoms with van der Waals surface area (Å²) in [6.45, 7) is 9.25. The fraction of sp³-hybridized carbons (Fsp3) is 0.833. The van der Waals surface area contributed by atoms with Crippen LogP contribution in [0.15, 0.2) is 0 Å². The van der Waals surface area contributed by atoms with E-state index in [9.17, 15) is 9.59 Å². The Bertz CT molecular complexity index is 264. The quantitative estimate of drug-likeness (QED) is 0.778. The first-order valence-corrected chi connectivity index (χ1v) is 5.43. The van der Waals surface area contributed by atoms with Gasteiger partial charge in [0.15, 0.2) is 5.78 Å². The maximum atomic E-state index is 11.6. The number of amides is 1. The van der Waals surface area contributed by atoms with Crippen molar-refractivity contribution in [3.8, 4) is 0 Å². The normalized spacial score (nSPS) is 12.4. The molecule has 0 aliphatic heterocycles. The topological polar surface area (TPSA) is 55.4 Å². The summed E-state index contributed by atoms with van der Waals surface area (Å²) in [6, 6.07) is 0. The highest BCUT2D eigenvalue weighted by Crippen LogP contribution is 2.14. The van der Waals surface area contributed by atoms with Gasteiger partial charge < -0.3 is 10.1 Å². The molecule has 0 atom stereocenters. The third kappa shape index (κ3) is 5.85. The van der Waals surface area contributed by atoms with Crippen molar-refractivity contribution in [2.75, 3.05) is 13.7 Å². The Balaban J connectivity index is 4.06. The van der Waals surface area contributed by atoms with Crippen molar-refractivity contribution in [1.82, 2.24) is 5.32 Å². The van der Waals surface area contributed by atoms with Gasteiger partial charge in [-0.1, -0.05) is 20.8 Å². The van der Waals surface area contributed by atoms with Gasteiger partial charge in [0.2, 0.25) is 5.91 Å². The van der Waals surface area contributed by atoms with Crippen molar-refractivity contribution in [3.05, 3.63) is 0 Å². The molecule has 0 aromatic rings. The molecule has 0 aliphatic rings. The molecule has 94 valence electrons. The van der Waals surface area contributed by atoms with Gasteiger partial charge in [0.1, 0.15) is 0 Å². The molecule has 1 N–H and O–H groups in total. The zero-order chi connectivity index (χ0) is 13.0. The van der Waals surface area contributed by atoms with E-state index in [0.29, 0.717) is 0 Å². The summed E-state index contributed by atoms with van der Waals surface area (Å²) in [5, 5.41) is 2.61. The summed E-state index contributed by atoms with van der Waals surface area (Å²) in [5.74, 6) is -0.138. The molecule has 0 unspecified atom stereocenters. The number of rotatable bonds is 5. The third-order valence-electron chi connectivity index (χ3n) is 2.42. The highest BCUT2D eigenvalue weighted by Gasteiger charge is 2.24. The number of hydrogen-bond donors (Lipinski definition) is 1. The van der Waals surface area contributed by atoms with Crippen molar-refractivity contribution in [3.63, 3.8) is 0 Å². The molecule has 0 heterocycles. The molecular weight excluding hydrogens is 206 g/mol. The largest absolute Gasteiger partial charge is 0.378 e. The van der Waals surface area contributed by atoms with E-state index in [-0.39, 0.29) is 24.7 Å². The van der Waals surface area contributed by atoms with Gasteiger partial charge in [-0.2, -0.15) is 0 Å². The zero-order valence-corrected chi connectivity index (χ0v) is 11.1. The molecule has 0 saturated heterocycles. The first-order valence-electron chi connectivity index (χ1n) is 5.43. The maximum Gasteiger partial charge on any atom is 0.223 e. The van der Waals surface area contributed by atoms with Crippen LogP contribution in [0.2, 0.25) is 0 Å². The Kier molecular flexibility index (Phi) is 5.13. The van der Waals surface area contributed by atoms with Crippen LogP contribution in [0.3, 0.4) is 0 Å². The number of nitrogens with one attached hydrogen (secondary N) is 1. The van der Waals surface area contributed by atoms with Gasteiger partial charge in [-0.15, -0.1) is 0 Å². The lowest BCUT2D eigenvalue weighted by Crippen LogP contribution is -2.39. The van der Waals surface area contributed by atoms with Crippen LogP contribution >= 0.6 is 0 Å². The molecule has 0 bridgehead atoms. The third-order valence-corrected chi connectivity index (χ3v) is 2.42. The molecular formula is C12H23NO3. The van der Waals surface area contributed by atoms with E-state index in [4.69, 9.17) is 4.74 Å². The Hall–Kier alpha value is -0.900. The van der Waals surface area contributed by atoms with Gasteiger partial charge in [-0.05, 0) is 13.8 Å². The van der Waals surface area contributed by atoms with Gasteiger partial charge in [0.05, 0.1) is 18.6 Å². The molecule has 0 saturated carbocycles. The predicted molar refractivity (Wildman–Crippen MR) is 63.2 cm³/mol. The monoisotopic (exact) mass is 229 g/mol. The van der Waals surface area contributed by atoms with Crippen LogP contribution in [0.25, 0.3) is 0 Å². The molecule has 0 aromatic heterocycles. The molecule has 4 nitrogen and oxygen atoms in total. The van der Waals surface area contributed by atoms with Crippen molar-refractivity contribution >= 4 is 11.7 Å². The Morgan fingerprint density at radius 2 is 1.62 bits per heavy atom. The van der Waals surface area contributed by atoms with E-state index in [1.165, 1.54) is 0 Å². The summed E-state index contributed by atoms with van der Waals surface area (Å²) in [4.78, 5) is 23.1. The molecule has 0 aromatic carbocycles. The van der Waals surface area contributed by atoms with E-state index >= 15 is 0 Å². The van der Waals surface area contributed by atoms with Gasteiger partial charge >= 0.3 is 0 Å². The first-order chi connectivity index (χ1) is 7.08. The van der Waals surface area contributed by atoms with Crippen LogP contribution in [0.5, 0.6) is 0 Å². The first kappa shape index (κ1) is 15.1. The fourth-order valence-corrected chi connectivity index (χ4v) is 0.965. The smallest absolute Gasteiger partial charge is 0.223 e. The number of Topliss-reactive ketones (excluding diaryl/α,β-unsaturated/α-hetero) is 1. The molecule has 16 heavy (non-hydrogen) atoms. The van der Waals surface area contributed by atoms with Crippen LogP contribution in [-0.2, 0) is 14.3 Å². The molecule has 0 fully saturated rings. The number of carbonyl (C=O) groups excluding carboxylic acids is 2. The highest BCUT2D eigenvalue weighted by atomic mass is 16.5. The lowest BCUT2D eigenvalue weighted by atomic mass is 9.91. The number of ether oxygens (including phenoxy) is 1. The summed E-state index contributed by atoms with van der Waals surface area (Å²) < 4.78 is 5.14. The fourth-order valence-electron chi connectivity index (χ4n) is 0.965. The van der Waals surface area contributed by atoms with Crippen LogP contribution < -0.4 is 5.32 Å². The van der Waals surface area contributed by atoms with Crippen LogP contribution in [-0.4, -0.2) is 30.9 Å². The highest BCUT2D eigenvalue weighted by molar-refractivity contribution is 5.89. The molecule has 1 amide bonds. The molecule has 0 spiro atoms. The average molecular weight is 229 g/mol. The SMILES string of the molecule is COC(C)(C)CC(=O)NCC(=O)C(C)(C)C. The Labute approximate surface area is 97.7 Å². The summed E-state index contributed by atoms with van der Waals surface area (Å²) in [5.41, 5.74) is -0.904. The van der Waals surface area contributed by atoms with E-state index in [0.717, 1.165) is 0 Å². The predicted octanol–water partition coefficient (Wildman–Crippen LogP) is 1.53. The second-order valence-electron chi connectivity index (χ2n) is 5.59. The lowest BCUT2D eigenvalue weighted by Gasteiger charge is -2.22. The number of ketones is 1. The number of carbonyl (C=O) groups is 2.